The van der Waals surface area contributed by atoms with Crippen molar-refractivity contribution in [3.63, 3.8) is 0 Å². The molecule has 0 aromatic carbocycles. The molecule has 0 unspecified atom stereocenters. The Labute approximate surface area is 192 Å². The molecule has 0 spiro atoms. The second-order valence-electron chi connectivity index (χ2n) is 8.45. The molecule has 1 amide bonds. The molecule has 0 aliphatic carbocycles. The van der Waals surface area contributed by atoms with E-state index in [1.54, 1.807) is 18.6 Å². The molecule has 2 fully saturated rings. The first kappa shape index (κ1) is 21.4. The lowest BCUT2D eigenvalue weighted by Gasteiger charge is -2.35. The lowest BCUT2D eigenvalue weighted by atomic mass is 9.96. The Morgan fingerprint density at radius 1 is 0.939 bits per heavy atom. The first-order valence-electron chi connectivity index (χ1n) is 11.5. The monoisotopic (exact) mass is 448 g/mol. The summed E-state index contributed by atoms with van der Waals surface area (Å²) in [5.74, 6) is 2.45. The van der Waals surface area contributed by atoms with Crippen molar-refractivity contribution in [1.29, 1.82) is 0 Å². The summed E-state index contributed by atoms with van der Waals surface area (Å²) >= 11 is 0. The second kappa shape index (κ2) is 10.0. The standard InChI is InChI=1S/C23H28N8O2/c32-20(30-14-16-31(17-15-30)23-25-9-3-10-26-23)7-13-29-11-5-18(6-12-29)22-27-21(28-33-22)19-4-1-2-8-24-19/h1-4,8-10,18H,5-7,11-17H2. The fourth-order valence-corrected chi connectivity index (χ4v) is 4.43. The molecule has 2 aliphatic heterocycles. The Kier molecular flexibility index (Phi) is 6.52. The molecule has 172 valence electrons. The SMILES string of the molecule is O=C(CCN1CCC(c2nc(-c3ccccn3)no2)CC1)N1CCN(c2ncccn2)CC1. The number of aromatic nitrogens is 5. The second-order valence-corrected chi connectivity index (χ2v) is 8.45. The van der Waals surface area contributed by atoms with Gasteiger partial charge in [-0.3, -0.25) is 9.78 Å². The molecule has 5 heterocycles. The number of carbonyl (C=O) groups is 1. The van der Waals surface area contributed by atoms with Gasteiger partial charge in [0.05, 0.1) is 0 Å². The van der Waals surface area contributed by atoms with Gasteiger partial charge >= 0.3 is 0 Å². The summed E-state index contributed by atoms with van der Waals surface area (Å²) in [6.07, 6.45) is 7.68. The van der Waals surface area contributed by atoms with Gasteiger partial charge in [0, 0.05) is 63.7 Å². The minimum absolute atomic E-state index is 0.225. The van der Waals surface area contributed by atoms with Gasteiger partial charge in [0.15, 0.2) is 0 Å². The lowest BCUT2D eigenvalue weighted by Crippen LogP contribution is -2.49. The summed E-state index contributed by atoms with van der Waals surface area (Å²) in [7, 11) is 0. The summed E-state index contributed by atoms with van der Waals surface area (Å²) in [6, 6.07) is 7.47. The van der Waals surface area contributed by atoms with Crippen molar-refractivity contribution in [2.45, 2.75) is 25.2 Å². The quantitative estimate of drug-likeness (QED) is 0.558. The number of nitrogens with zero attached hydrogens (tertiary/aromatic N) is 8. The van der Waals surface area contributed by atoms with E-state index in [1.807, 2.05) is 29.2 Å². The zero-order valence-electron chi connectivity index (χ0n) is 18.6. The average Bonchev–Trinajstić information content (AvgIpc) is 3.39. The molecule has 0 N–H and O–H groups in total. The number of piperazine rings is 1. The average molecular weight is 449 g/mol. The minimum Gasteiger partial charge on any atom is -0.339 e. The van der Waals surface area contributed by atoms with Gasteiger partial charge in [-0.1, -0.05) is 11.2 Å². The highest BCUT2D eigenvalue weighted by Crippen LogP contribution is 2.28. The molecule has 5 rings (SSSR count). The first-order chi connectivity index (χ1) is 16.3. The van der Waals surface area contributed by atoms with Crippen molar-refractivity contribution in [2.75, 3.05) is 50.7 Å². The van der Waals surface area contributed by atoms with Crippen LogP contribution >= 0.6 is 0 Å². The lowest BCUT2D eigenvalue weighted by molar-refractivity contribution is -0.131. The van der Waals surface area contributed by atoms with Crippen LogP contribution in [0.3, 0.4) is 0 Å². The third-order valence-corrected chi connectivity index (χ3v) is 6.38. The van der Waals surface area contributed by atoms with Gasteiger partial charge in [-0.25, -0.2) is 9.97 Å². The number of anilines is 1. The third kappa shape index (κ3) is 5.16. The molecule has 3 aromatic heterocycles. The smallest absolute Gasteiger partial charge is 0.230 e. The molecular formula is C23H28N8O2. The largest absolute Gasteiger partial charge is 0.339 e. The van der Waals surface area contributed by atoms with E-state index in [1.165, 1.54) is 0 Å². The summed E-state index contributed by atoms with van der Waals surface area (Å²) in [5.41, 5.74) is 0.723. The van der Waals surface area contributed by atoms with Crippen LogP contribution in [0, 0.1) is 0 Å². The van der Waals surface area contributed by atoms with E-state index in [2.05, 4.69) is 34.9 Å². The van der Waals surface area contributed by atoms with Crippen LogP contribution in [0.15, 0.2) is 47.4 Å². The van der Waals surface area contributed by atoms with Crippen LogP contribution < -0.4 is 4.90 Å². The predicted molar refractivity (Wildman–Crippen MR) is 121 cm³/mol. The number of pyridine rings is 1. The zero-order valence-corrected chi connectivity index (χ0v) is 18.6. The number of hydrogen-bond donors (Lipinski definition) is 0. The summed E-state index contributed by atoms with van der Waals surface area (Å²) in [4.78, 5) is 36.6. The summed E-state index contributed by atoms with van der Waals surface area (Å²) in [6.45, 7) is 5.62. The van der Waals surface area contributed by atoms with Crippen LogP contribution in [-0.4, -0.2) is 86.6 Å². The molecule has 2 aliphatic rings. The van der Waals surface area contributed by atoms with Crippen LogP contribution in [0.4, 0.5) is 5.95 Å². The number of amides is 1. The first-order valence-corrected chi connectivity index (χ1v) is 11.5. The van der Waals surface area contributed by atoms with E-state index in [4.69, 9.17) is 4.52 Å². The number of carbonyl (C=O) groups excluding carboxylic acids is 1. The van der Waals surface area contributed by atoms with Crippen molar-refractivity contribution in [3.05, 3.63) is 48.7 Å². The fourth-order valence-electron chi connectivity index (χ4n) is 4.43. The van der Waals surface area contributed by atoms with Crippen LogP contribution in [0.5, 0.6) is 0 Å². The molecular weight excluding hydrogens is 420 g/mol. The topological polar surface area (TPSA) is 104 Å². The van der Waals surface area contributed by atoms with Gasteiger partial charge in [-0.15, -0.1) is 0 Å². The Bertz CT molecular complexity index is 1030. The molecule has 0 radical (unpaired) electrons. The molecule has 10 heteroatoms. The Hall–Kier alpha value is -3.40. The van der Waals surface area contributed by atoms with Crippen molar-refractivity contribution >= 4 is 11.9 Å². The van der Waals surface area contributed by atoms with E-state index >= 15 is 0 Å². The highest BCUT2D eigenvalue weighted by Gasteiger charge is 2.27. The van der Waals surface area contributed by atoms with Gasteiger partial charge in [0.25, 0.3) is 0 Å². The van der Waals surface area contributed by atoms with Gasteiger partial charge in [0.2, 0.25) is 23.6 Å². The van der Waals surface area contributed by atoms with Crippen LogP contribution in [0.1, 0.15) is 31.1 Å². The molecule has 0 bridgehead atoms. The van der Waals surface area contributed by atoms with Gasteiger partial charge in [-0.2, -0.15) is 4.98 Å². The van der Waals surface area contributed by atoms with E-state index in [-0.39, 0.29) is 11.8 Å². The Morgan fingerprint density at radius 2 is 1.70 bits per heavy atom. The zero-order chi connectivity index (χ0) is 22.5. The highest BCUT2D eigenvalue weighted by molar-refractivity contribution is 5.76. The van der Waals surface area contributed by atoms with Crippen molar-refractivity contribution in [3.8, 4) is 11.5 Å². The number of likely N-dealkylation sites (tertiary alicyclic amines) is 1. The van der Waals surface area contributed by atoms with Gasteiger partial charge in [0.1, 0.15) is 5.69 Å². The number of hydrogen-bond acceptors (Lipinski definition) is 9. The molecule has 2 saturated heterocycles. The van der Waals surface area contributed by atoms with Crippen LogP contribution in [0.2, 0.25) is 0 Å². The maximum absolute atomic E-state index is 12.7. The van der Waals surface area contributed by atoms with Crippen molar-refractivity contribution in [2.24, 2.45) is 0 Å². The van der Waals surface area contributed by atoms with Crippen molar-refractivity contribution < 1.29 is 9.32 Å². The Balaban J connectivity index is 1.04. The Morgan fingerprint density at radius 3 is 2.42 bits per heavy atom. The highest BCUT2D eigenvalue weighted by atomic mass is 16.5. The molecule has 33 heavy (non-hydrogen) atoms. The van der Waals surface area contributed by atoms with E-state index in [0.29, 0.717) is 18.1 Å². The maximum atomic E-state index is 12.7. The van der Waals surface area contributed by atoms with E-state index < -0.39 is 0 Å². The minimum atomic E-state index is 0.225. The van der Waals surface area contributed by atoms with Gasteiger partial charge in [-0.05, 0) is 44.1 Å². The molecule has 0 saturated carbocycles. The summed E-state index contributed by atoms with van der Waals surface area (Å²) in [5, 5.41) is 4.09. The van der Waals surface area contributed by atoms with Gasteiger partial charge < -0.3 is 19.2 Å². The number of rotatable bonds is 6. The molecule has 3 aromatic rings. The summed E-state index contributed by atoms with van der Waals surface area (Å²) < 4.78 is 5.52. The van der Waals surface area contributed by atoms with Crippen LogP contribution in [-0.2, 0) is 4.79 Å². The third-order valence-electron chi connectivity index (χ3n) is 6.38. The van der Waals surface area contributed by atoms with E-state index in [0.717, 1.165) is 70.3 Å². The predicted octanol–water partition coefficient (Wildman–Crippen LogP) is 1.84. The maximum Gasteiger partial charge on any atom is 0.230 e. The van der Waals surface area contributed by atoms with Crippen LogP contribution in [0.25, 0.3) is 11.5 Å². The number of piperidine rings is 1. The normalized spacial score (nSPS) is 17.9. The van der Waals surface area contributed by atoms with Crippen molar-refractivity contribution in [1.82, 2.24) is 34.9 Å². The molecule has 10 nitrogen and oxygen atoms in total. The molecule has 0 atom stereocenters. The fraction of sp³-hybridized carbons (Fsp3) is 0.478. The van der Waals surface area contributed by atoms with E-state index in [9.17, 15) is 4.79 Å².